The lowest BCUT2D eigenvalue weighted by Crippen LogP contribution is -2.39. The monoisotopic (exact) mass is 223 g/mol. The maximum absolute atomic E-state index is 11.0. The molecule has 0 spiro atoms. The molecule has 0 radical (unpaired) electrons. The second-order valence-electron chi connectivity index (χ2n) is 3.60. The van der Waals surface area contributed by atoms with E-state index in [1.165, 1.54) is 0 Å². The zero-order chi connectivity index (χ0) is 12.1. The number of carbonyl (C=O) groups is 1. The van der Waals surface area contributed by atoms with Gasteiger partial charge in [0.25, 0.3) is 0 Å². The molecule has 0 aliphatic rings. The minimum atomic E-state index is -0.416. The molecule has 5 nitrogen and oxygen atoms in total. The highest BCUT2D eigenvalue weighted by atomic mass is 16.5. The van der Waals surface area contributed by atoms with E-state index in [0.717, 1.165) is 22.4 Å². The van der Waals surface area contributed by atoms with E-state index < -0.39 is 6.03 Å². The molecule has 0 aliphatic carbocycles. The summed E-state index contributed by atoms with van der Waals surface area (Å²) in [5.41, 5.74) is 5.12. The van der Waals surface area contributed by atoms with Crippen molar-refractivity contribution in [3.05, 3.63) is 28.8 Å². The summed E-state index contributed by atoms with van der Waals surface area (Å²) in [5.74, 6) is 5.77. The second-order valence-corrected chi connectivity index (χ2v) is 3.60. The van der Waals surface area contributed by atoms with Gasteiger partial charge in [0.2, 0.25) is 0 Å². The van der Waals surface area contributed by atoms with Crippen molar-refractivity contribution in [3.8, 4) is 5.75 Å². The number of urea groups is 1. The summed E-state index contributed by atoms with van der Waals surface area (Å²) in [7, 11) is 1.62. The third-order valence-electron chi connectivity index (χ3n) is 2.27. The van der Waals surface area contributed by atoms with Gasteiger partial charge in [-0.2, -0.15) is 0 Å². The van der Waals surface area contributed by atoms with Crippen molar-refractivity contribution in [3.63, 3.8) is 0 Å². The van der Waals surface area contributed by atoms with Crippen molar-refractivity contribution >= 4 is 6.03 Å². The minimum absolute atomic E-state index is 0.384. The molecule has 0 saturated heterocycles. The summed E-state index contributed by atoms with van der Waals surface area (Å²) >= 11 is 0. The Morgan fingerprint density at radius 2 is 2.12 bits per heavy atom. The summed E-state index contributed by atoms with van der Waals surface area (Å²) in [6.07, 6.45) is 0. The highest BCUT2D eigenvalue weighted by Crippen LogP contribution is 2.24. The van der Waals surface area contributed by atoms with Crippen LogP contribution in [0.15, 0.2) is 12.1 Å². The van der Waals surface area contributed by atoms with Gasteiger partial charge in [-0.05, 0) is 19.4 Å². The molecule has 5 heteroatoms. The van der Waals surface area contributed by atoms with Crippen LogP contribution in [-0.2, 0) is 6.54 Å². The number of hydrogen-bond acceptors (Lipinski definition) is 3. The lowest BCUT2D eigenvalue weighted by molar-refractivity contribution is 0.240. The first-order valence-corrected chi connectivity index (χ1v) is 4.97. The fraction of sp³-hybridized carbons (Fsp3) is 0.364. The predicted octanol–water partition coefficient (Wildman–Crippen LogP) is 0.985. The first-order chi connectivity index (χ1) is 7.58. The van der Waals surface area contributed by atoms with Crippen LogP contribution in [0, 0.1) is 13.8 Å². The number of carbonyl (C=O) groups excluding carboxylic acids is 1. The highest BCUT2D eigenvalue weighted by Gasteiger charge is 2.08. The first-order valence-electron chi connectivity index (χ1n) is 4.97. The van der Waals surface area contributed by atoms with Crippen molar-refractivity contribution in [1.82, 2.24) is 10.7 Å². The van der Waals surface area contributed by atoms with Crippen LogP contribution in [0.2, 0.25) is 0 Å². The highest BCUT2D eigenvalue weighted by molar-refractivity contribution is 5.73. The molecule has 0 fully saturated rings. The largest absolute Gasteiger partial charge is 0.496 e. The Morgan fingerprint density at radius 1 is 1.44 bits per heavy atom. The molecule has 1 aromatic rings. The zero-order valence-electron chi connectivity index (χ0n) is 9.76. The van der Waals surface area contributed by atoms with Gasteiger partial charge in [0.05, 0.1) is 7.11 Å². The van der Waals surface area contributed by atoms with E-state index in [0.29, 0.717) is 6.54 Å². The van der Waals surface area contributed by atoms with Crippen molar-refractivity contribution in [1.29, 1.82) is 0 Å². The molecular formula is C11H17N3O2. The smallest absolute Gasteiger partial charge is 0.329 e. The number of hydrazine groups is 1. The van der Waals surface area contributed by atoms with E-state index in [1.807, 2.05) is 31.4 Å². The first kappa shape index (κ1) is 12.3. The molecule has 0 aliphatic heterocycles. The minimum Gasteiger partial charge on any atom is -0.496 e. The fourth-order valence-electron chi connectivity index (χ4n) is 1.69. The maximum Gasteiger partial charge on any atom is 0.329 e. The number of rotatable bonds is 3. The Labute approximate surface area is 94.9 Å². The normalized spacial score (nSPS) is 9.75. The lowest BCUT2D eigenvalue weighted by atomic mass is 10.1. The molecule has 0 atom stereocenters. The molecular weight excluding hydrogens is 206 g/mol. The van der Waals surface area contributed by atoms with E-state index in [1.54, 1.807) is 7.11 Å². The van der Waals surface area contributed by atoms with Crippen molar-refractivity contribution < 1.29 is 9.53 Å². The van der Waals surface area contributed by atoms with Crippen molar-refractivity contribution in [2.45, 2.75) is 20.4 Å². The van der Waals surface area contributed by atoms with Crippen LogP contribution < -0.4 is 21.3 Å². The van der Waals surface area contributed by atoms with Gasteiger partial charge in [-0.25, -0.2) is 10.6 Å². The Kier molecular flexibility index (Phi) is 4.13. The second kappa shape index (κ2) is 5.37. The topological polar surface area (TPSA) is 76.4 Å². The average Bonchev–Trinajstić information content (AvgIpc) is 2.25. The summed E-state index contributed by atoms with van der Waals surface area (Å²) < 4.78 is 5.29. The van der Waals surface area contributed by atoms with E-state index in [-0.39, 0.29) is 0 Å². The number of methoxy groups -OCH3 is 1. The standard InChI is InChI=1S/C11H17N3O2/c1-7-4-8(2)10(16-3)9(5-7)6-13-11(15)14-12/h4-5H,6,12H2,1-3H3,(H2,13,14,15). The molecule has 1 aromatic carbocycles. The van der Waals surface area contributed by atoms with Gasteiger partial charge in [0.1, 0.15) is 5.75 Å². The third kappa shape index (κ3) is 2.87. The van der Waals surface area contributed by atoms with Crippen LogP contribution in [0.5, 0.6) is 5.75 Å². The number of aryl methyl sites for hydroxylation is 2. The summed E-state index contributed by atoms with van der Waals surface area (Å²) in [6, 6.07) is 3.59. The molecule has 4 N–H and O–H groups in total. The number of nitrogens with two attached hydrogens (primary N) is 1. The molecule has 0 unspecified atom stereocenters. The number of nitrogens with one attached hydrogen (secondary N) is 2. The van der Waals surface area contributed by atoms with Gasteiger partial charge in [-0.1, -0.05) is 17.7 Å². The Bertz CT molecular complexity index is 391. The fourth-order valence-corrected chi connectivity index (χ4v) is 1.69. The van der Waals surface area contributed by atoms with Gasteiger partial charge in [0, 0.05) is 12.1 Å². The number of hydrogen-bond donors (Lipinski definition) is 3. The van der Waals surface area contributed by atoms with Gasteiger partial charge in [-0.3, -0.25) is 5.43 Å². The SMILES string of the molecule is COc1c(C)cc(C)cc1CNC(=O)NN. The van der Waals surface area contributed by atoms with Crippen LogP contribution in [-0.4, -0.2) is 13.1 Å². The summed E-state index contributed by atoms with van der Waals surface area (Å²) in [6.45, 7) is 4.35. The van der Waals surface area contributed by atoms with E-state index in [9.17, 15) is 4.79 Å². The van der Waals surface area contributed by atoms with Crippen molar-refractivity contribution in [2.75, 3.05) is 7.11 Å². The van der Waals surface area contributed by atoms with E-state index in [2.05, 4.69) is 5.32 Å². The Hall–Kier alpha value is -1.75. The predicted molar refractivity (Wildman–Crippen MR) is 62.0 cm³/mol. The number of benzene rings is 1. The number of amides is 2. The van der Waals surface area contributed by atoms with Gasteiger partial charge in [-0.15, -0.1) is 0 Å². The molecule has 16 heavy (non-hydrogen) atoms. The Balaban J connectivity index is 2.89. The number of ether oxygens (including phenoxy) is 1. The van der Waals surface area contributed by atoms with Crippen LogP contribution in [0.3, 0.4) is 0 Å². The van der Waals surface area contributed by atoms with Crippen LogP contribution >= 0.6 is 0 Å². The molecule has 0 aromatic heterocycles. The summed E-state index contributed by atoms with van der Waals surface area (Å²) in [4.78, 5) is 11.0. The zero-order valence-corrected chi connectivity index (χ0v) is 9.76. The van der Waals surface area contributed by atoms with Gasteiger partial charge >= 0.3 is 6.03 Å². The van der Waals surface area contributed by atoms with Crippen LogP contribution in [0.4, 0.5) is 4.79 Å². The molecule has 0 saturated carbocycles. The maximum atomic E-state index is 11.0. The Morgan fingerprint density at radius 3 is 2.69 bits per heavy atom. The van der Waals surface area contributed by atoms with Crippen LogP contribution in [0.1, 0.15) is 16.7 Å². The molecule has 0 heterocycles. The van der Waals surface area contributed by atoms with Gasteiger partial charge in [0.15, 0.2) is 0 Å². The molecule has 1 rings (SSSR count). The van der Waals surface area contributed by atoms with Gasteiger partial charge < -0.3 is 10.1 Å². The average molecular weight is 223 g/mol. The van der Waals surface area contributed by atoms with E-state index >= 15 is 0 Å². The molecule has 88 valence electrons. The van der Waals surface area contributed by atoms with Crippen molar-refractivity contribution in [2.24, 2.45) is 5.84 Å². The summed E-state index contributed by atoms with van der Waals surface area (Å²) in [5, 5.41) is 2.62. The molecule has 2 amide bonds. The van der Waals surface area contributed by atoms with Crippen LogP contribution in [0.25, 0.3) is 0 Å². The quantitative estimate of drug-likeness (QED) is 0.406. The lowest BCUT2D eigenvalue weighted by Gasteiger charge is -2.13. The third-order valence-corrected chi connectivity index (χ3v) is 2.27. The molecule has 0 bridgehead atoms. The van der Waals surface area contributed by atoms with E-state index in [4.69, 9.17) is 10.6 Å².